The summed E-state index contributed by atoms with van der Waals surface area (Å²) in [6.07, 6.45) is 0. The maximum Gasteiger partial charge on any atom is 0.328 e. The molecule has 6 heteroatoms. The zero-order chi connectivity index (χ0) is 18.0. The van der Waals surface area contributed by atoms with E-state index in [9.17, 15) is 9.90 Å². The van der Waals surface area contributed by atoms with Crippen LogP contribution in [-0.2, 0) is 9.53 Å². The van der Waals surface area contributed by atoms with Crippen molar-refractivity contribution in [3.63, 3.8) is 0 Å². The first-order chi connectivity index (χ1) is 11.4. The standard InChI is InChI=1S/C18H29N3O3/c1-5-19-17(21-12-16(23)24-18(2,3)4)20-11-15(13-22)14-9-7-6-8-10-14/h6-10,15,22H,5,11-13H2,1-4H3,(H2,19,20,21). The summed E-state index contributed by atoms with van der Waals surface area (Å²) >= 11 is 0. The van der Waals surface area contributed by atoms with Crippen molar-refractivity contribution in [1.82, 2.24) is 10.6 Å². The number of carbonyl (C=O) groups is 1. The van der Waals surface area contributed by atoms with Crippen LogP contribution >= 0.6 is 0 Å². The smallest absolute Gasteiger partial charge is 0.328 e. The Bertz CT molecular complexity index is 524. The van der Waals surface area contributed by atoms with Gasteiger partial charge in [0, 0.05) is 19.0 Å². The first-order valence-corrected chi connectivity index (χ1v) is 8.25. The molecule has 0 bridgehead atoms. The third-order valence-corrected chi connectivity index (χ3v) is 3.14. The Balaban J connectivity index is 2.61. The summed E-state index contributed by atoms with van der Waals surface area (Å²) in [4.78, 5) is 16.0. The van der Waals surface area contributed by atoms with E-state index in [4.69, 9.17) is 4.74 Å². The molecule has 0 aliphatic heterocycles. The third-order valence-electron chi connectivity index (χ3n) is 3.14. The number of aliphatic imine (C=N–C) groups is 1. The Morgan fingerprint density at radius 2 is 1.92 bits per heavy atom. The molecule has 0 aliphatic carbocycles. The second-order valence-corrected chi connectivity index (χ2v) is 6.45. The minimum atomic E-state index is -0.520. The lowest BCUT2D eigenvalue weighted by Gasteiger charge is -2.20. The van der Waals surface area contributed by atoms with E-state index in [1.165, 1.54) is 0 Å². The predicted octanol–water partition coefficient (Wildman–Crippen LogP) is 1.66. The van der Waals surface area contributed by atoms with E-state index in [0.29, 0.717) is 19.0 Å². The van der Waals surface area contributed by atoms with Crippen molar-refractivity contribution in [3.05, 3.63) is 35.9 Å². The number of guanidine groups is 1. The van der Waals surface area contributed by atoms with Gasteiger partial charge in [-0.05, 0) is 33.3 Å². The van der Waals surface area contributed by atoms with Crippen LogP contribution in [0.4, 0.5) is 0 Å². The Kier molecular flexibility index (Phi) is 8.26. The van der Waals surface area contributed by atoms with Crippen LogP contribution in [0, 0.1) is 0 Å². The van der Waals surface area contributed by atoms with E-state index in [-0.39, 0.29) is 25.0 Å². The maximum absolute atomic E-state index is 11.8. The van der Waals surface area contributed by atoms with Crippen LogP contribution in [0.15, 0.2) is 35.3 Å². The summed E-state index contributed by atoms with van der Waals surface area (Å²) in [6, 6.07) is 9.79. The van der Waals surface area contributed by atoms with E-state index >= 15 is 0 Å². The Hall–Kier alpha value is -2.08. The van der Waals surface area contributed by atoms with E-state index < -0.39 is 5.60 Å². The van der Waals surface area contributed by atoms with Crippen molar-refractivity contribution in [1.29, 1.82) is 0 Å². The highest BCUT2D eigenvalue weighted by molar-refractivity contribution is 5.83. The summed E-state index contributed by atoms with van der Waals surface area (Å²) in [5.74, 6) is 0.107. The van der Waals surface area contributed by atoms with Gasteiger partial charge in [-0.3, -0.25) is 4.79 Å². The third kappa shape index (κ3) is 7.97. The second kappa shape index (κ2) is 9.93. The lowest BCUT2D eigenvalue weighted by molar-refractivity contribution is -0.152. The Morgan fingerprint density at radius 1 is 1.25 bits per heavy atom. The minimum absolute atomic E-state index is 0.0302. The minimum Gasteiger partial charge on any atom is -0.459 e. The van der Waals surface area contributed by atoms with Gasteiger partial charge in [0.05, 0.1) is 6.61 Å². The van der Waals surface area contributed by atoms with Gasteiger partial charge in [-0.15, -0.1) is 0 Å². The quantitative estimate of drug-likeness (QED) is 0.401. The summed E-state index contributed by atoms with van der Waals surface area (Å²) in [5, 5.41) is 15.8. The van der Waals surface area contributed by atoms with Crippen molar-refractivity contribution in [2.24, 2.45) is 4.99 Å². The average Bonchev–Trinajstić information content (AvgIpc) is 2.52. The van der Waals surface area contributed by atoms with Gasteiger partial charge in [0.15, 0.2) is 5.96 Å². The van der Waals surface area contributed by atoms with Crippen LogP contribution < -0.4 is 10.6 Å². The SMILES string of the molecule is CCNC(=NCC(=O)OC(C)(C)C)NCC(CO)c1ccccc1. The number of ether oxygens (including phenoxy) is 1. The summed E-state index contributed by atoms with van der Waals surface area (Å²) in [6.45, 7) is 8.59. The fourth-order valence-electron chi connectivity index (χ4n) is 2.09. The monoisotopic (exact) mass is 335 g/mol. The molecule has 24 heavy (non-hydrogen) atoms. The normalized spacial score (nSPS) is 13.3. The van der Waals surface area contributed by atoms with Crippen LogP contribution in [0.3, 0.4) is 0 Å². The van der Waals surface area contributed by atoms with Crippen molar-refractivity contribution in [2.75, 3.05) is 26.2 Å². The largest absolute Gasteiger partial charge is 0.459 e. The molecule has 0 spiro atoms. The molecule has 0 amide bonds. The summed E-state index contributed by atoms with van der Waals surface area (Å²) in [7, 11) is 0. The molecule has 1 aromatic rings. The fourth-order valence-corrected chi connectivity index (χ4v) is 2.09. The van der Waals surface area contributed by atoms with Crippen molar-refractivity contribution in [2.45, 2.75) is 39.2 Å². The topological polar surface area (TPSA) is 83.0 Å². The number of aliphatic hydroxyl groups excluding tert-OH is 1. The van der Waals surface area contributed by atoms with Gasteiger partial charge in [0.1, 0.15) is 12.1 Å². The molecular formula is C18H29N3O3. The molecule has 0 aliphatic rings. The molecule has 0 heterocycles. The molecule has 134 valence electrons. The van der Waals surface area contributed by atoms with Crippen LogP contribution in [0.5, 0.6) is 0 Å². The molecule has 1 rings (SSSR count). The van der Waals surface area contributed by atoms with E-state index in [1.54, 1.807) is 0 Å². The molecule has 1 aromatic carbocycles. The van der Waals surface area contributed by atoms with Crippen LogP contribution in [0.2, 0.25) is 0 Å². The summed E-state index contributed by atoms with van der Waals surface area (Å²) in [5.41, 5.74) is 0.531. The average molecular weight is 335 g/mol. The Morgan fingerprint density at radius 3 is 2.46 bits per heavy atom. The van der Waals surface area contributed by atoms with Crippen LogP contribution in [0.25, 0.3) is 0 Å². The highest BCUT2D eigenvalue weighted by atomic mass is 16.6. The molecule has 0 aromatic heterocycles. The number of aliphatic hydroxyl groups is 1. The van der Waals surface area contributed by atoms with Crippen molar-refractivity contribution >= 4 is 11.9 Å². The maximum atomic E-state index is 11.8. The van der Waals surface area contributed by atoms with Crippen LogP contribution in [0.1, 0.15) is 39.2 Å². The van der Waals surface area contributed by atoms with E-state index in [1.807, 2.05) is 58.0 Å². The van der Waals surface area contributed by atoms with E-state index in [0.717, 1.165) is 5.56 Å². The highest BCUT2D eigenvalue weighted by Crippen LogP contribution is 2.13. The number of nitrogens with zero attached hydrogens (tertiary/aromatic N) is 1. The molecule has 3 N–H and O–H groups in total. The van der Waals surface area contributed by atoms with Crippen molar-refractivity contribution < 1.29 is 14.6 Å². The number of esters is 1. The first kappa shape index (κ1) is 20.0. The molecule has 1 atom stereocenters. The fraction of sp³-hybridized carbons (Fsp3) is 0.556. The molecule has 0 radical (unpaired) electrons. The first-order valence-electron chi connectivity index (χ1n) is 8.25. The lowest BCUT2D eigenvalue weighted by atomic mass is 10.0. The van der Waals surface area contributed by atoms with Gasteiger partial charge < -0.3 is 20.5 Å². The molecular weight excluding hydrogens is 306 g/mol. The van der Waals surface area contributed by atoms with Gasteiger partial charge in [-0.2, -0.15) is 0 Å². The van der Waals surface area contributed by atoms with Gasteiger partial charge >= 0.3 is 5.97 Å². The van der Waals surface area contributed by atoms with Crippen LogP contribution in [-0.4, -0.2) is 48.9 Å². The molecule has 6 nitrogen and oxygen atoms in total. The van der Waals surface area contributed by atoms with E-state index in [2.05, 4.69) is 15.6 Å². The molecule has 1 unspecified atom stereocenters. The molecule has 0 fully saturated rings. The second-order valence-electron chi connectivity index (χ2n) is 6.45. The molecule has 0 saturated heterocycles. The van der Waals surface area contributed by atoms with Gasteiger partial charge in [0.2, 0.25) is 0 Å². The number of hydrogen-bond acceptors (Lipinski definition) is 4. The zero-order valence-electron chi connectivity index (χ0n) is 15.0. The lowest BCUT2D eigenvalue weighted by Crippen LogP contribution is -2.40. The van der Waals surface area contributed by atoms with Gasteiger partial charge in [-0.1, -0.05) is 30.3 Å². The van der Waals surface area contributed by atoms with Crippen molar-refractivity contribution in [3.8, 4) is 0 Å². The zero-order valence-corrected chi connectivity index (χ0v) is 15.0. The molecule has 0 saturated carbocycles. The number of nitrogens with one attached hydrogen (secondary N) is 2. The highest BCUT2D eigenvalue weighted by Gasteiger charge is 2.16. The number of carbonyl (C=O) groups excluding carboxylic acids is 1. The Labute approximate surface area is 144 Å². The predicted molar refractivity (Wildman–Crippen MR) is 96.1 cm³/mol. The number of benzene rings is 1. The summed E-state index contributed by atoms with van der Waals surface area (Å²) < 4.78 is 5.24. The van der Waals surface area contributed by atoms with Gasteiger partial charge in [0.25, 0.3) is 0 Å². The van der Waals surface area contributed by atoms with Gasteiger partial charge in [-0.25, -0.2) is 4.99 Å². The number of hydrogen-bond donors (Lipinski definition) is 3. The number of rotatable bonds is 7.